The highest BCUT2D eigenvalue weighted by molar-refractivity contribution is 8.03. The maximum Gasteiger partial charge on any atom is 0.156 e. The summed E-state index contributed by atoms with van der Waals surface area (Å²) in [6.45, 7) is 16.1. The molecule has 1 aromatic heterocycles. The molecule has 2 aliphatic heterocycles. The molecular weight excluding hydrogens is 791 g/mol. The smallest absolute Gasteiger partial charge is 0.156 e. The van der Waals surface area contributed by atoms with Gasteiger partial charge in [-0.1, -0.05) is 154 Å². The third-order valence-electron chi connectivity index (χ3n) is 13.7. The van der Waals surface area contributed by atoms with Crippen LogP contribution in [0.2, 0.25) is 0 Å². The fourth-order valence-corrected chi connectivity index (χ4v) is 13.6. The molecule has 0 bridgehead atoms. The Morgan fingerprint density at radius 1 is 0.855 bits per heavy atom. The number of para-hydroxylation sites is 1. The lowest BCUT2D eigenvalue weighted by atomic mass is 9.81. The monoisotopic (exact) mass is 841 g/mol. The van der Waals surface area contributed by atoms with E-state index in [-0.39, 0.29) is 11.3 Å². The zero-order valence-corrected chi connectivity index (χ0v) is 37.4. The molecule has 6 aromatic carbocycles. The Bertz CT molecular complexity index is 3110. The number of hydrogen-bond donors (Lipinski definition) is 0. The number of benzene rings is 6. The summed E-state index contributed by atoms with van der Waals surface area (Å²) in [6, 6.07) is 46.8. The van der Waals surface area contributed by atoms with Crippen molar-refractivity contribution in [2.75, 3.05) is 4.90 Å². The molecule has 62 heavy (non-hydrogen) atoms. The van der Waals surface area contributed by atoms with Crippen molar-refractivity contribution in [3.8, 4) is 22.6 Å². The predicted octanol–water partition coefficient (Wildman–Crippen LogP) is 15.7. The van der Waals surface area contributed by atoms with Crippen LogP contribution in [0.4, 0.5) is 17.1 Å². The summed E-state index contributed by atoms with van der Waals surface area (Å²) in [7, 11) is 0. The minimum atomic E-state index is -0.222. The zero-order chi connectivity index (χ0) is 42.1. The molecule has 0 spiro atoms. The molecule has 2 nitrogen and oxygen atoms in total. The number of ether oxygens (including phenoxy) is 1. The molecule has 4 aliphatic rings. The minimum Gasteiger partial charge on any atom is -0.453 e. The average Bonchev–Trinajstić information content (AvgIpc) is 3.92. The van der Waals surface area contributed by atoms with Gasteiger partial charge in [0.2, 0.25) is 0 Å². The maximum atomic E-state index is 7.21. The first-order chi connectivity index (χ1) is 30.3. The molecule has 4 heteroatoms. The summed E-state index contributed by atoms with van der Waals surface area (Å²) in [6.07, 6.45) is 14.6. The van der Waals surface area contributed by atoms with Crippen LogP contribution in [0, 0.1) is 5.92 Å². The largest absolute Gasteiger partial charge is 0.453 e. The number of anilines is 3. The lowest BCUT2D eigenvalue weighted by molar-refractivity contribution is 0.459. The molecule has 2 aliphatic carbocycles. The Morgan fingerprint density at radius 3 is 2.52 bits per heavy atom. The van der Waals surface area contributed by atoms with Crippen LogP contribution in [0.3, 0.4) is 0 Å². The Labute approximate surface area is 374 Å². The van der Waals surface area contributed by atoms with E-state index in [4.69, 9.17) is 11.3 Å². The molecule has 3 atom stereocenters. The van der Waals surface area contributed by atoms with Crippen LogP contribution in [0.1, 0.15) is 92.5 Å². The van der Waals surface area contributed by atoms with E-state index in [0.29, 0.717) is 11.8 Å². The van der Waals surface area contributed by atoms with Crippen LogP contribution in [0.15, 0.2) is 163 Å². The molecule has 0 saturated carbocycles. The Balaban J connectivity index is 0.978. The van der Waals surface area contributed by atoms with E-state index in [9.17, 15) is 0 Å². The van der Waals surface area contributed by atoms with Crippen LogP contribution < -0.4 is 19.4 Å². The Kier molecular flexibility index (Phi) is 9.78. The van der Waals surface area contributed by atoms with Crippen molar-refractivity contribution in [1.29, 1.82) is 0 Å². The molecule has 0 N–H and O–H groups in total. The summed E-state index contributed by atoms with van der Waals surface area (Å²) in [4.78, 5) is 5.22. The Morgan fingerprint density at radius 2 is 1.65 bits per heavy atom. The molecule has 306 valence electrons. The summed E-state index contributed by atoms with van der Waals surface area (Å²) in [5.74, 6) is 2.80. The summed E-state index contributed by atoms with van der Waals surface area (Å²) in [5.41, 5.74) is 13.3. The number of thiophene rings is 1. The van der Waals surface area contributed by atoms with Crippen LogP contribution >= 0.6 is 23.1 Å². The fraction of sp³-hybridized carbons (Fsp3) is 0.207. The van der Waals surface area contributed by atoms with Crippen LogP contribution in [-0.4, -0.2) is 0 Å². The second-order valence-electron chi connectivity index (χ2n) is 18.1. The van der Waals surface area contributed by atoms with Gasteiger partial charge in [0.25, 0.3) is 0 Å². The van der Waals surface area contributed by atoms with Crippen LogP contribution in [0.25, 0.3) is 38.9 Å². The fourth-order valence-electron chi connectivity index (χ4n) is 10.8. The summed E-state index contributed by atoms with van der Waals surface area (Å²) >= 11 is 3.93. The molecule has 2 unspecified atom stereocenters. The van der Waals surface area contributed by atoms with E-state index in [1.165, 1.54) is 63.0 Å². The zero-order valence-electron chi connectivity index (χ0n) is 35.8. The van der Waals surface area contributed by atoms with Crippen LogP contribution in [-0.2, 0) is 5.41 Å². The van der Waals surface area contributed by atoms with E-state index in [1.807, 2.05) is 23.1 Å². The van der Waals surface area contributed by atoms with Crippen molar-refractivity contribution >= 4 is 68.0 Å². The van der Waals surface area contributed by atoms with Crippen molar-refractivity contribution in [2.45, 2.75) is 75.0 Å². The van der Waals surface area contributed by atoms with Gasteiger partial charge in [-0.2, -0.15) is 0 Å². The molecule has 0 fully saturated rings. The summed E-state index contributed by atoms with van der Waals surface area (Å²) < 4.78 is 10.1. The lowest BCUT2D eigenvalue weighted by Crippen LogP contribution is -2.21. The second kappa shape index (κ2) is 15.5. The third-order valence-corrected chi connectivity index (χ3v) is 16.2. The first-order valence-corrected chi connectivity index (χ1v) is 23.9. The number of thioether (sulfide) groups is 1. The second-order valence-corrected chi connectivity index (χ2v) is 20.2. The van der Waals surface area contributed by atoms with Gasteiger partial charge < -0.3 is 9.64 Å². The number of allylic oxidation sites excluding steroid dienone is 4. The predicted molar refractivity (Wildman–Crippen MR) is 266 cm³/mol. The van der Waals surface area contributed by atoms with Gasteiger partial charge >= 0.3 is 0 Å². The van der Waals surface area contributed by atoms with Gasteiger partial charge in [0, 0.05) is 42.1 Å². The van der Waals surface area contributed by atoms with Crippen molar-refractivity contribution < 1.29 is 4.74 Å². The minimum absolute atomic E-state index is 0.222. The lowest BCUT2D eigenvalue weighted by Gasteiger charge is -2.36. The third kappa shape index (κ3) is 6.45. The van der Waals surface area contributed by atoms with Gasteiger partial charge in [0.05, 0.1) is 11.4 Å². The van der Waals surface area contributed by atoms with Crippen molar-refractivity contribution in [1.82, 2.24) is 0 Å². The topological polar surface area (TPSA) is 12.5 Å². The summed E-state index contributed by atoms with van der Waals surface area (Å²) in [5, 5.41) is 2.82. The van der Waals surface area contributed by atoms with Gasteiger partial charge in [0.1, 0.15) is 0 Å². The highest BCUT2D eigenvalue weighted by Gasteiger charge is 2.42. The highest BCUT2D eigenvalue weighted by Crippen LogP contribution is 2.60. The average molecular weight is 842 g/mol. The molecule has 0 amide bonds. The molecule has 0 radical (unpaired) electrons. The first kappa shape index (κ1) is 39.1. The van der Waals surface area contributed by atoms with Gasteiger partial charge in [-0.3, -0.25) is 0 Å². The van der Waals surface area contributed by atoms with Crippen molar-refractivity contribution in [3.05, 3.63) is 195 Å². The van der Waals surface area contributed by atoms with Crippen LogP contribution in [0.5, 0.6) is 11.5 Å². The molecule has 3 heterocycles. The van der Waals surface area contributed by atoms with Crippen molar-refractivity contribution in [2.24, 2.45) is 5.92 Å². The van der Waals surface area contributed by atoms with Crippen molar-refractivity contribution in [3.63, 3.8) is 0 Å². The first-order valence-electron chi connectivity index (χ1n) is 22.2. The highest BCUT2D eigenvalue weighted by atomic mass is 32.2. The quantitative estimate of drug-likeness (QED) is 0.127. The van der Waals surface area contributed by atoms with Gasteiger partial charge in [-0.05, 0) is 129 Å². The van der Waals surface area contributed by atoms with Gasteiger partial charge in [-0.15, -0.1) is 17.9 Å². The van der Waals surface area contributed by atoms with Gasteiger partial charge in [0.15, 0.2) is 11.5 Å². The van der Waals surface area contributed by atoms with Gasteiger partial charge in [-0.25, -0.2) is 0 Å². The molecule has 0 saturated heterocycles. The van der Waals surface area contributed by atoms with E-state index in [1.54, 1.807) is 0 Å². The van der Waals surface area contributed by atoms with E-state index in [2.05, 4.69) is 184 Å². The Hall–Kier alpha value is -5.81. The van der Waals surface area contributed by atoms with E-state index in [0.717, 1.165) is 71.8 Å². The van der Waals surface area contributed by atoms with E-state index < -0.39 is 0 Å². The standard InChI is InChI=1S/C58H51NOS2/c1-6-17-43-44-21-11-14-26-52(44)61-54(43)33-36(2)32-39(41-23-16-24-47-45-22-12-15-27-53(45)62-57(41)47)34-37(3)38-28-30-49-51(35-38)60-56-50(59(49)40-18-8-7-9-19-40)31-29-46-42-20-10-13-25-48(42)58(4,5)55(46)56/h6-11,13-14,16,18-31,33,35-36,39,43H,1,3,12,15,17,32,34H2,2,4-5H3/b54-33-/t36-,39?,43?/m0/s1. The van der Waals surface area contributed by atoms with E-state index >= 15 is 0 Å². The number of rotatable bonds is 10. The molecule has 11 rings (SSSR count). The maximum absolute atomic E-state index is 7.21. The molecule has 7 aromatic rings. The number of fused-ring (bicyclic) bond motifs is 10. The number of nitrogens with zero attached hydrogens (tertiary/aromatic N) is 1. The SMILES string of the molecule is C=CCC1/C(=C/[C@@H](C)CC(CC(=C)c2ccc3c(c2)Oc2c(ccc4c2C(C)(C)c2ccccc2-4)N3c2ccccc2)c2cccc3c4c(sc23)=CCCC=4)Sc2ccccc21. The molecular formula is C58H51NOS2. The number of hydrogen-bond acceptors (Lipinski definition) is 4. The normalized spacial score (nSPS) is 18.0.